The van der Waals surface area contributed by atoms with Gasteiger partial charge in [0.2, 0.25) is 0 Å². The van der Waals surface area contributed by atoms with Crippen LogP contribution in [0.5, 0.6) is 0 Å². The zero-order chi connectivity index (χ0) is 12.1. The van der Waals surface area contributed by atoms with Gasteiger partial charge in [-0.3, -0.25) is 0 Å². The second-order valence-corrected chi connectivity index (χ2v) is 6.17. The molecule has 2 rings (SSSR count). The van der Waals surface area contributed by atoms with Crippen molar-refractivity contribution in [2.75, 3.05) is 12.3 Å². The van der Waals surface area contributed by atoms with Gasteiger partial charge in [0.1, 0.15) is 0 Å². The number of hydrogen-bond acceptors (Lipinski definition) is 2. The van der Waals surface area contributed by atoms with Crippen LogP contribution in [0.4, 0.5) is 0 Å². The molecule has 1 N–H and O–H groups in total. The van der Waals surface area contributed by atoms with Crippen LogP contribution in [0, 0.1) is 5.92 Å². The number of rotatable bonds is 5. The molecule has 2 atom stereocenters. The summed E-state index contributed by atoms with van der Waals surface area (Å²) in [6.07, 6.45) is 3.89. The van der Waals surface area contributed by atoms with Crippen molar-refractivity contribution in [2.45, 2.75) is 44.0 Å². The Bertz CT molecular complexity index is 351. The summed E-state index contributed by atoms with van der Waals surface area (Å²) >= 11 is 2.00. The molecule has 1 aliphatic heterocycles. The molecule has 0 aromatic heterocycles. The van der Waals surface area contributed by atoms with Crippen LogP contribution in [-0.2, 0) is 0 Å². The zero-order valence-corrected chi connectivity index (χ0v) is 11.7. The lowest BCUT2D eigenvalue weighted by Crippen LogP contribution is -2.28. The van der Waals surface area contributed by atoms with Gasteiger partial charge in [-0.1, -0.05) is 38.5 Å². The second-order valence-electron chi connectivity index (χ2n) is 5.03. The number of nitrogens with one attached hydrogen (secondary N) is 1. The minimum atomic E-state index is 0.576. The van der Waals surface area contributed by atoms with E-state index in [1.807, 2.05) is 11.8 Å². The smallest absolute Gasteiger partial charge is 0.0339 e. The van der Waals surface area contributed by atoms with Crippen molar-refractivity contribution in [2.24, 2.45) is 5.92 Å². The molecule has 1 aromatic rings. The van der Waals surface area contributed by atoms with Gasteiger partial charge in [0.25, 0.3) is 0 Å². The second kappa shape index (κ2) is 6.46. The fourth-order valence-electron chi connectivity index (χ4n) is 2.49. The first-order valence-electron chi connectivity index (χ1n) is 6.76. The summed E-state index contributed by atoms with van der Waals surface area (Å²) in [5, 5.41) is 3.75. The van der Waals surface area contributed by atoms with Crippen LogP contribution in [0.3, 0.4) is 0 Å². The van der Waals surface area contributed by atoms with Crippen LogP contribution in [0.1, 0.15) is 44.7 Å². The Morgan fingerprint density at radius 1 is 1.41 bits per heavy atom. The average molecular weight is 249 g/mol. The maximum atomic E-state index is 3.75. The van der Waals surface area contributed by atoms with E-state index in [0.29, 0.717) is 6.04 Å². The number of fused-ring (bicyclic) bond motifs is 1. The average Bonchev–Trinajstić information content (AvgIpc) is 2.36. The van der Waals surface area contributed by atoms with Crippen molar-refractivity contribution >= 4 is 11.8 Å². The summed E-state index contributed by atoms with van der Waals surface area (Å²) in [6, 6.07) is 9.42. The molecular weight excluding hydrogens is 226 g/mol. The molecular formula is C15H23NS. The summed E-state index contributed by atoms with van der Waals surface area (Å²) < 4.78 is 0. The molecule has 17 heavy (non-hydrogen) atoms. The Hall–Kier alpha value is -0.470. The first-order chi connectivity index (χ1) is 8.31. The molecule has 0 spiro atoms. The molecule has 0 saturated carbocycles. The van der Waals surface area contributed by atoms with E-state index in [0.717, 1.165) is 12.5 Å². The third kappa shape index (κ3) is 3.49. The summed E-state index contributed by atoms with van der Waals surface area (Å²) in [7, 11) is 0. The lowest BCUT2D eigenvalue weighted by molar-refractivity contribution is 0.421. The maximum absolute atomic E-state index is 3.75. The Morgan fingerprint density at radius 3 is 3.06 bits per heavy atom. The highest BCUT2D eigenvalue weighted by Gasteiger charge is 2.19. The molecule has 1 nitrogen and oxygen atoms in total. The Balaban J connectivity index is 1.94. The monoisotopic (exact) mass is 249 g/mol. The Kier molecular flexibility index (Phi) is 4.93. The van der Waals surface area contributed by atoms with Crippen LogP contribution in [0.2, 0.25) is 0 Å². The van der Waals surface area contributed by atoms with Crippen LogP contribution in [0.25, 0.3) is 0 Å². The van der Waals surface area contributed by atoms with Crippen LogP contribution in [-0.4, -0.2) is 12.3 Å². The molecule has 0 amide bonds. The molecule has 1 aliphatic rings. The first-order valence-corrected chi connectivity index (χ1v) is 7.75. The van der Waals surface area contributed by atoms with Crippen molar-refractivity contribution < 1.29 is 0 Å². The fourth-order valence-corrected chi connectivity index (χ4v) is 3.62. The van der Waals surface area contributed by atoms with Crippen molar-refractivity contribution in [3.63, 3.8) is 0 Å². The summed E-state index contributed by atoms with van der Waals surface area (Å²) in [5.74, 6) is 2.04. The third-order valence-corrected chi connectivity index (χ3v) is 4.58. The quantitative estimate of drug-likeness (QED) is 0.837. The Labute approximate surface area is 109 Å². The zero-order valence-electron chi connectivity index (χ0n) is 10.9. The van der Waals surface area contributed by atoms with Crippen LogP contribution < -0.4 is 5.32 Å². The number of hydrogen-bond donors (Lipinski definition) is 1. The lowest BCUT2D eigenvalue weighted by atomic mass is 10.0. The van der Waals surface area contributed by atoms with Gasteiger partial charge in [-0.05, 0) is 42.7 Å². The highest BCUT2D eigenvalue weighted by molar-refractivity contribution is 7.99. The van der Waals surface area contributed by atoms with Crippen LogP contribution >= 0.6 is 11.8 Å². The largest absolute Gasteiger partial charge is 0.310 e. The summed E-state index contributed by atoms with van der Waals surface area (Å²) in [5.41, 5.74) is 1.51. The predicted molar refractivity (Wildman–Crippen MR) is 76.6 cm³/mol. The van der Waals surface area contributed by atoms with E-state index in [2.05, 4.69) is 43.4 Å². The highest BCUT2D eigenvalue weighted by atomic mass is 32.2. The molecule has 0 saturated heterocycles. The van der Waals surface area contributed by atoms with Gasteiger partial charge >= 0.3 is 0 Å². The van der Waals surface area contributed by atoms with Crippen molar-refractivity contribution in [1.29, 1.82) is 0 Å². The topological polar surface area (TPSA) is 12.0 Å². The van der Waals surface area contributed by atoms with Crippen LogP contribution in [0.15, 0.2) is 29.2 Å². The van der Waals surface area contributed by atoms with Crippen molar-refractivity contribution in [1.82, 2.24) is 5.32 Å². The molecule has 0 aliphatic carbocycles. The van der Waals surface area contributed by atoms with Gasteiger partial charge in [0, 0.05) is 10.9 Å². The first kappa shape index (κ1) is 13.0. The molecule has 1 heterocycles. The van der Waals surface area contributed by atoms with E-state index in [1.54, 1.807) is 0 Å². The maximum Gasteiger partial charge on any atom is 0.0339 e. The minimum absolute atomic E-state index is 0.576. The Morgan fingerprint density at radius 2 is 2.24 bits per heavy atom. The van der Waals surface area contributed by atoms with E-state index in [1.165, 1.54) is 35.5 Å². The SMILES string of the molecule is CCCC(C)CNC1CCSc2ccccc21. The molecule has 2 heteroatoms. The third-order valence-electron chi connectivity index (χ3n) is 3.45. The van der Waals surface area contributed by atoms with Gasteiger partial charge in [0.05, 0.1) is 0 Å². The lowest BCUT2D eigenvalue weighted by Gasteiger charge is -2.27. The van der Waals surface area contributed by atoms with E-state index in [4.69, 9.17) is 0 Å². The number of benzene rings is 1. The molecule has 0 bridgehead atoms. The van der Waals surface area contributed by atoms with Crippen molar-refractivity contribution in [3.8, 4) is 0 Å². The molecule has 1 aromatic carbocycles. The molecule has 94 valence electrons. The number of thioether (sulfide) groups is 1. The summed E-state index contributed by atoms with van der Waals surface area (Å²) in [4.78, 5) is 1.47. The molecule has 0 radical (unpaired) electrons. The summed E-state index contributed by atoms with van der Waals surface area (Å²) in [6.45, 7) is 5.76. The normalized spacial score (nSPS) is 20.9. The van der Waals surface area contributed by atoms with Gasteiger partial charge in [-0.2, -0.15) is 0 Å². The van der Waals surface area contributed by atoms with Crippen molar-refractivity contribution in [3.05, 3.63) is 29.8 Å². The van der Waals surface area contributed by atoms with E-state index < -0.39 is 0 Å². The molecule has 2 unspecified atom stereocenters. The molecule has 0 fully saturated rings. The van der Waals surface area contributed by atoms with Gasteiger partial charge in [-0.15, -0.1) is 11.8 Å². The van der Waals surface area contributed by atoms with Gasteiger partial charge in [0.15, 0.2) is 0 Å². The van der Waals surface area contributed by atoms with Gasteiger partial charge in [-0.25, -0.2) is 0 Å². The fraction of sp³-hybridized carbons (Fsp3) is 0.600. The minimum Gasteiger partial charge on any atom is -0.310 e. The van der Waals surface area contributed by atoms with E-state index in [9.17, 15) is 0 Å². The predicted octanol–water partition coefficient (Wildman–Crippen LogP) is 4.25. The highest BCUT2D eigenvalue weighted by Crippen LogP contribution is 2.35. The van der Waals surface area contributed by atoms with E-state index in [-0.39, 0.29) is 0 Å². The van der Waals surface area contributed by atoms with E-state index >= 15 is 0 Å². The standard InChI is InChI=1S/C15H23NS/c1-3-6-12(2)11-16-14-9-10-17-15-8-5-4-7-13(14)15/h4-5,7-8,12,14,16H,3,6,9-11H2,1-2H3. The van der Waals surface area contributed by atoms with Gasteiger partial charge < -0.3 is 5.32 Å².